The van der Waals surface area contributed by atoms with E-state index in [0.29, 0.717) is 11.3 Å². The van der Waals surface area contributed by atoms with Crippen LogP contribution in [0.15, 0.2) is 53.1 Å². The lowest BCUT2D eigenvalue weighted by Crippen LogP contribution is -2.12. The van der Waals surface area contributed by atoms with Crippen LogP contribution >= 0.6 is 15.9 Å². The molecule has 0 fully saturated rings. The van der Waals surface area contributed by atoms with E-state index in [0.717, 1.165) is 21.1 Å². The number of hydrogen-bond donors (Lipinski definition) is 3. The van der Waals surface area contributed by atoms with Gasteiger partial charge in [-0.15, -0.1) is 0 Å². The number of nitrogens with one attached hydrogen (secondary N) is 2. The molecular formula is C15H12BrN3O. The average Bonchev–Trinajstić information content (AvgIpc) is 2.89. The quantitative estimate of drug-likeness (QED) is 0.626. The average molecular weight is 330 g/mol. The fraction of sp³-hybridized carbons (Fsp3) is 0. The Morgan fingerprint density at radius 3 is 2.80 bits per heavy atom. The van der Waals surface area contributed by atoms with Crippen molar-refractivity contribution in [2.45, 2.75) is 0 Å². The molecule has 1 aromatic heterocycles. The van der Waals surface area contributed by atoms with Crippen molar-refractivity contribution in [1.82, 2.24) is 4.98 Å². The molecule has 4 nitrogen and oxygen atoms in total. The second-order valence-electron chi connectivity index (χ2n) is 4.47. The minimum Gasteiger partial charge on any atom is -0.398 e. The zero-order chi connectivity index (χ0) is 14.1. The van der Waals surface area contributed by atoms with Gasteiger partial charge >= 0.3 is 0 Å². The van der Waals surface area contributed by atoms with E-state index in [-0.39, 0.29) is 5.91 Å². The molecule has 0 radical (unpaired) electrons. The van der Waals surface area contributed by atoms with Crippen LogP contribution in [0.1, 0.15) is 10.4 Å². The maximum atomic E-state index is 12.2. The Hall–Kier alpha value is -2.27. The van der Waals surface area contributed by atoms with E-state index in [1.165, 1.54) is 0 Å². The van der Waals surface area contributed by atoms with E-state index in [1.54, 1.807) is 18.2 Å². The number of benzene rings is 2. The molecular weight excluding hydrogens is 318 g/mol. The smallest absolute Gasteiger partial charge is 0.255 e. The van der Waals surface area contributed by atoms with Gasteiger partial charge in [-0.05, 0) is 58.4 Å². The van der Waals surface area contributed by atoms with Crippen molar-refractivity contribution in [2.24, 2.45) is 0 Å². The molecule has 0 aliphatic rings. The van der Waals surface area contributed by atoms with Gasteiger partial charge < -0.3 is 16.0 Å². The predicted octanol–water partition coefficient (Wildman–Crippen LogP) is 3.76. The highest BCUT2D eigenvalue weighted by molar-refractivity contribution is 9.10. The summed E-state index contributed by atoms with van der Waals surface area (Å²) in [5, 5.41) is 3.92. The van der Waals surface area contributed by atoms with Crippen molar-refractivity contribution in [3.8, 4) is 0 Å². The summed E-state index contributed by atoms with van der Waals surface area (Å²) in [7, 11) is 0. The normalized spacial score (nSPS) is 10.7. The summed E-state index contributed by atoms with van der Waals surface area (Å²) >= 11 is 3.31. The molecule has 3 aromatic rings. The Morgan fingerprint density at radius 2 is 2.00 bits per heavy atom. The van der Waals surface area contributed by atoms with Gasteiger partial charge in [0.15, 0.2) is 0 Å². The summed E-state index contributed by atoms with van der Waals surface area (Å²) in [5.41, 5.74) is 8.64. The summed E-state index contributed by atoms with van der Waals surface area (Å²) < 4.78 is 0.780. The van der Waals surface area contributed by atoms with Crippen molar-refractivity contribution in [2.75, 3.05) is 11.1 Å². The molecule has 2 aromatic carbocycles. The molecule has 5 heteroatoms. The second kappa shape index (κ2) is 5.02. The minimum absolute atomic E-state index is 0.181. The fourth-order valence-electron chi connectivity index (χ4n) is 2.02. The molecule has 0 bridgehead atoms. The number of H-pyrrole nitrogens is 1. The first-order valence-corrected chi connectivity index (χ1v) is 6.86. The maximum absolute atomic E-state index is 12.2. The third-order valence-corrected chi connectivity index (χ3v) is 3.79. The van der Waals surface area contributed by atoms with E-state index < -0.39 is 0 Å². The zero-order valence-electron chi connectivity index (χ0n) is 10.5. The molecule has 0 unspecified atom stereocenters. The number of nitrogen functional groups attached to an aromatic ring is 1. The lowest BCUT2D eigenvalue weighted by Gasteiger charge is -2.07. The molecule has 0 aliphatic heterocycles. The van der Waals surface area contributed by atoms with Crippen LogP contribution in [0, 0.1) is 0 Å². The van der Waals surface area contributed by atoms with Crippen LogP contribution in [0.3, 0.4) is 0 Å². The monoisotopic (exact) mass is 329 g/mol. The van der Waals surface area contributed by atoms with Gasteiger partial charge in [-0.2, -0.15) is 0 Å². The van der Waals surface area contributed by atoms with Gasteiger partial charge in [-0.3, -0.25) is 4.79 Å². The number of hydrogen-bond acceptors (Lipinski definition) is 2. The van der Waals surface area contributed by atoms with Crippen LogP contribution in [-0.4, -0.2) is 10.9 Å². The molecule has 20 heavy (non-hydrogen) atoms. The Kier molecular flexibility index (Phi) is 3.20. The van der Waals surface area contributed by atoms with E-state index >= 15 is 0 Å². The van der Waals surface area contributed by atoms with E-state index in [2.05, 4.69) is 26.2 Å². The number of nitrogens with two attached hydrogens (primary N) is 1. The molecule has 0 saturated carbocycles. The van der Waals surface area contributed by atoms with Gasteiger partial charge in [-0.1, -0.05) is 0 Å². The van der Waals surface area contributed by atoms with Crippen molar-refractivity contribution < 1.29 is 4.79 Å². The fourth-order valence-corrected chi connectivity index (χ4v) is 2.27. The highest BCUT2D eigenvalue weighted by Gasteiger charge is 2.08. The number of rotatable bonds is 2. The predicted molar refractivity (Wildman–Crippen MR) is 84.8 cm³/mol. The minimum atomic E-state index is -0.181. The molecule has 100 valence electrons. The first-order valence-electron chi connectivity index (χ1n) is 6.07. The molecule has 0 atom stereocenters. The van der Waals surface area contributed by atoms with E-state index in [9.17, 15) is 4.79 Å². The highest BCUT2D eigenvalue weighted by atomic mass is 79.9. The van der Waals surface area contributed by atoms with Gasteiger partial charge in [0.05, 0.1) is 0 Å². The summed E-state index contributed by atoms with van der Waals surface area (Å²) in [4.78, 5) is 15.3. The largest absolute Gasteiger partial charge is 0.398 e. The number of fused-ring (bicyclic) bond motifs is 1. The van der Waals surface area contributed by atoms with Crippen LogP contribution in [0.2, 0.25) is 0 Å². The van der Waals surface area contributed by atoms with Crippen LogP contribution in [0.5, 0.6) is 0 Å². The summed E-state index contributed by atoms with van der Waals surface area (Å²) in [6, 6.07) is 12.8. The van der Waals surface area contributed by atoms with E-state index in [4.69, 9.17) is 5.73 Å². The van der Waals surface area contributed by atoms with Gasteiger partial charge in [0.25, 0.3) is 5.91 Å². The number of carbonyl (C=O) groups is 1. The lowest BCUT2D eigenvalue weighted by molar-refractivity contribution is 0.102. The topological polar surface area (TPSA) is 70.9 Å². The van der Waals surface area contributed by atoms with Gasteiger partial charge in [0, 0.05) is 38.5 Å². The van der Waals surface area contributed by atoms with Crippen molar-refractivity contribution in [3.05, 3.63) is 58.7 Å². The van der Waals surface area contributed by atoms with Gasteiger partial charge in [0.1, 0.15) is 0 Å². The van der Waals surface area contributed by atoms with Crippen molar-refractivity contribution in [3.63, 3.8) is 0 Å². The van der Waals surface area contributed by atoms with Crippen molar-refractivity contribution >= 4 is 44.1 Å². The first-order chi connectivity index (χ1) is 9.63. The summed E-state index contributed by atoms with van der Waals surface area (Å²) in [5.74, 6) is -0.181. The number of aromatic nitrogens is 1. The summed E-state index contributed by atoms with van der Waals surface area (Å²) in [6.07, 6.45) is 1.87. The standard InChI is InChI=1S/C15H12BrN3O/c16-12-3-1-10(8-13(12)17)15(20)19-11-2-4-14-9(7-11)5-6-18-14/h1-8,18H,17H2,(H,19,20). The highest BCUT2D eigenvalue weighted by Crippen LogP contribution is 2.22. The number of carbonyl (C=O) groups excluding carboxylic acids is 1. The zero-order valence-corrected chi connectivity index (χ0v) is 12.1. The Balaban J connectivity index is 1.85. The molecule has 3 rings (SSSR count). The van der Waals surface area contributed by atoms with Gasteiger partial charge in [-0.25, -0.2) is 0 Å². The summed E-state index contributed by atoms with van der Waals surface area (Å²) in [6.45, 7) is 0. The Bertz CT molecular complexity index is 795. The number of anilines is 2. The number of amides is 1. The SMILES string of the molecule is Nc1cc(C(=O)Nc2ccc3[nH]ccc3c2)ccc1Br. The Labute approximate surface area is 124 Å². The lowest BCUT2D eigenvalue weighted by atomic mass is 10.1. The van der Waals surface area contributed by atoms with Crippen LogP contribution < -0.4 is 11.1 Å². The van der Waals surface area contributed by atoms with E-state index in [1.807, 2.05) is 30.5 Å². The molecule has 0 saturated heterocycles. The third-order valence-electron chi connectivity index (χ3n) is 3.07. The second-order valence-corrected chi connectivity index (χ2v) is 5.32. The molecule has 0 aliphatic carbocycles. The van der Waals surface area contributed by atoms with Crippen LogP contribution in [-0.2, 0) is 0 Å². The van der Waals surface area contributed by atoms with Crippen LogP contribution in [0.25, 0.3) is 10.9 Å². The van der Waals surface area contributed by atoms with Gasteiger partial charge in [0.2, 0.25) is 0 Å². The first kappa shape index (κ1) is 12.7. The molecule has 1 heterocycles. The number of aromatic amines is 1. The molecule has 0 spiro atoms. The number of halogens is 1. The molecule has 4 N–H and O–H groups in total. The maximum Gasteiger partial charge on any atom is 0.255 e. The third kappa shape index (κ3) is 2.40. The Morgan fingerprint density at radius 1 is 1.15 bits per heavy atom. The van der Waals surface area contributed by atoms with Crippen molar-refractivity contribution in [1.29, 1.82) is 0 Å². The molecule has 1 amide bonds. The van der Waals surface area contributed by atoms with Crippen LogP contribution in [0.4, 0.5) is 11.4 Å².